The van der Waals surface area contributed by atoms with E-state index in [4.69, 9.17) is 4.74 Å². The first-order chi connectivity index (χ1) is 33.4. The average Bonchev–Trinajstić information content (AvgIpc) is 3.41. The molecule has 0 amide bonds. The molecule has 68 heavy (non-hydrogen) atoms. The first-order valence-corrected chi connectivity index (χ1v) is 22.8. The minimum atomic E-state index is -0.428. The van der Waals surface area contributed by atoms with E-state index in [1.165, 1.54) is 22.3 Å². The lowest BCUT2D eigenvalue weighted by atomic mass is 10.00. The van der Waals surface area contributed by atoms with E-state index in [2.05, 4.69) is 253 Å². The van der Waals surface area contributed by atoms with E-state index in [0.29, 0.717) is 11.3 Å². The molecular formula is C64H48N2O2. The molecule has 0 aliphatic carbocycles. The van der Waals surface area contributed by atoms with Crippen molar-refractivity contribution in [2.75, 3.05) is 9.80 Å². The van der Waals surface area contributed by atoms with E-state index < -0.39 is 5.97 Å². The van der Waals surface area contributed by atoms with E-state index in [1.54, 1.807) is 19.1 Å². The Morgan fingerprint density at radius 2 is 0.500 bits per heavy atom. The maximum Gasteiger partial charge on any atom is 0.338 e. The van der Waals surface area contributed by atoms with Crippen molar-refractivity contribution < 1.29 is 9.53 Å². The van der Waals surface area contributed by atoms with Gasteiger partial charge in [-0.15, -0.1) is 0 Å². The summed E-state index contributed by atoms with van der Waals surface area (Å²) in [6, 6.07) is 91.6. The molecule has 0 atom stereocenters. The molecule has 0 saturated carbocycles. The van der Waals surface area contributed by atoms with E-state index in [0.717, 1.165) is 67.5 Å². The smallest absolute Gasteiger partial charge is 0.338 e. The Labute approximate surface area is 399 Å². The fourth-order valence-electron chi connectivity index (χ4n) is 8.51. The van der Waals surface area contributed by atoms with Crippen LogP contribution in [0.4, 0.5) is 34.1 Å². The van der Waals surface area contributed by atoms with Crippen LogP contribution in [-0.4, -0.2) is 5.97 Å². The molecule has 0 heterocycles. The van der Waals surface area contributed by atoms with Crippen molar-refractivity contribution in [3.8, 4) is 61.4 Å². The quantitative estimate of drug-likeness (QED) is 0.0656. The molecule has 10 rings (SSSR count). The van der Waals surface area contributed by atoms with Crippen LogP contribution in [0.2, 0.25) is 0 Å². The number of hydrogen-bond acceptors (Lipinski definition) is 4. The minimum Gasteiger partial charge on any atom is -0.423 e. The molecule has 326 valence electrons. The molecule has 4 nitrogen and oxygen atoms in total. The Bertz CT molecular complexity index is 3180. The van der Waals surface area contributed by atoms with Crippen LogP contribution >= 0.6 is 0 Å². The summed E-state index contributed by atoms with van der Waals surface area (Å²) in [6.07, 6.45) is 0. The van der Waals surface area contributed by atoms with Crippen LogP contribution in [0.3, 0.4) is 0 Å². The van der Waals surface area contributed by atoms with Crippen LogP contribution in [0.1, 0.15) is 6.92 Å². The predicted molar refractivity (Wildman–Crippen MR) is 283 cm³/mol. The van der Waals surface area contributed by atoms with Crippen LogP contribution in [0, 0.1) is 0 Å². The van der Waals surface area contributed by atoms with Gasteiger partial charge >= 0.3 is 5.97 Å². The Kier molecular flexibility index (Phi) is 12.4. The second kappa shape index (κ2) is 19.6. The summed E-state index contributed by atoms with van der Waals surface area (Å²) in [7, 11) is 0. The molecule has 10 aromatic carbocycles. The van der Waals surface area contributed by atoms with Crippen LogP contribution in [-0.2, 0) is 4.79 Å². The van der Waals surface area contributed by atoms with Gasteiger partial charge < -0.3 is 14.5 Å². The van der Waals surface area contributed by atoms with E-state index >= 15 is 0 Å². The van der Waals surface area contributed by atoms with Crippen molar-refractivity contribution in [1.82, 2.24) is 0 Å². The number of esters is 1. The van der Waals surface area contributed by atoms with Gasteiger partial charge in [-0.05, 0) is 147 Å². The molecule has 0 aliphatic rings. The minimum absolute atomic E-state index is 0.366. The first kappa shape index (κ1) is 42.9. The summed E-state index contributed by atoms with van der Waals surface area (Å²) >= 11 is 0. The van der Waals surface area contributed by atoms with Gasteiger partial charge in [0.2, 0.25) is 0 Å². The molecule has 0 N–H and O–H groups in total. The number of para-hydroxylation sites is 1. The number of benzene rings is 10. The van der Waals surface area contributed by atoms with Crippen LogP contribution < -0.4 is 14.5 Å². The topological polar surface area (TPSA) is 32.8 Å². The third-order valence-electron chi connectivity index (χ3n) is 12.2. The molecule has 4 heteroatoms. The molecule has 0 radical (unpaired) electrons. The van der Waals surface area contributed by atoms with Crippen LogP contribution in [0.5, 0.6) is 5.75 Å². The Hall–Kier alpha value is -8.99. The summed E-state index contributed by atoms with van der Waals surface area (Å²) in [5.74, 6) is 0.0687. The monoisotopic (exact) mass is 876 g/mol. The second-order valence-electron chi connectivity index (χ2n) is 16.7. The van der Waals surface area contributed by atoms with Crippen molar-refractivity contribution >= 4 is 40.1 Å². The van der Waals surface area contributed by atoms with Gasteiger partial charge in [0.15, 0.2) is 0 Å². The third-order valence-corrected chi connectivity index (χ3v) is 12.2. The highest BCUT2D eigenvalue weighted by Crippen LogP contribution is 2.40. The van der Waals surface area contributed by atoms with Crippen molar-refractivity contribution in [3.05, 3.63) is 273 Å². The molecule has 0 aromatic heterocycles. The molecular weight excluding hydrogens is 829 g/mol. The number of carbonyl (C=O) groups is 1. The normalized spacial score (nSPS) is 10.8. The van der Waals surface area contributed by atoms with E-state index in [9.17, 15) is 4.79 Å². The highest BCUT2D eigenvalue weighted by atomic mass is 16.5. The van der Waals surface area contributed by atoms with Gasteiger partial charge in [-0.25, -0.2) is 4.79 Å². The van der Waals surface area contributed by atoms with Crippen molar-refractivity contribution in [2.45, 2.75) is 6.92 Å². The Morgan fingerprint density at radius 1 is 0.294 bits per heavy atom. The maximum absolute atomic E-state index is 11.9. The molecule has 10 aromatic rings. The second-order valence-corrected chi connectivity index (χ2v) is 16.7. The van der Waals surface area contributed by atoms with Gasteiger partial charge in [-0.3, -0.25) is 0 Å². The van der Waals surface area contributed by atoms with Gasteiger partial charge in [-0.1, -0.05) is 183 Å². The predicted octanol–water partition coefficient (Wildman–Crippen LogP) is 17.4. The first-order valence-electron chi connectivity index (χ1n) is 22.8. The zero-order valence-electron chi connectivity index (χ0n) is 37.7. The highest BCUT2D eigenvalue weighted by Gasteiger charge is 2.16. The van der Waals surface area contributed by atoms with Crippen molar-refractivity contribution in [1.29, 1.82) is 0 Å². The maximum atomic E-state index is 11.9. The Balaban J connectivity index is 0.887. The number of ether oxygens (including phenoxy) is 1. The number of nitrogens with zero attached hydrogens (tertiary/aromatic N) is 2. The van der Waals surface area contributed by atoms with Crippen LogP contribution in [0.15, 0.2) is 273 Å². The van der Waals surface area contributed by atoms with Gasteiger partial charge in [0, 0.05) is 39.7 Å². The summed E-state index contributed by atoms with van der Waals surface area (Å²) in [5.41, 5.74) is 18.2. The summed E-state index contributed by atoms with van der Waals surface area (Å²) < 4.78 is 5.36. The molecule has 0 bridgehead atoms. The van der Waals surface area contributed by atoms with Gasteiger partial charge in [0.25, 0.3) is 0 Å². The van der Waals surface area contributed by atoms with Gasteiger partial charge in [-0.2, -0.15) is 0 Å². The number of anilines is 6. The molecule has 0 spiro atoms. The summed E-state index contributed by atoms with van der Waals surface area (Å²) in [5, 5.41) is 0. The standard InChI is InChI=1S/C64H48N2O2/c1-46(2)64(67)68-63-44-32-56(33-45-63)50-20-18-49(19-21-50)53-26-38-58(39-27-53)65(57-16-10-5-11-17-57)59-40-28-54(29-41-59)55-30-42-62(43-31-55)66(60-34-22-51(23-35-60)47-12-6-3-7-13-47)61-36-24-52(25-37-61)48-14-8-4-9-15-48/h3-45H,1H2,2H3. The van der Waals surface area contributed by atoms with Crippen molar-refractivity contribution in [2.24, 2.45) is 0 Å². The fraction of sp³-hybridized carbons (Fsp3) is 0.0156. The zero-order valence-corrected chi connectivity index (χ0v) is 37.7. The molecule has 0 fully saturated rings. The lowest BCUT2D eigenvalue weighted by Gasteiger charge is -2.26. The lowest BCUT2D eigenvalue weighted by Crippen LogP contribution is -2.10. The average molecular weight is 877 g/mol. The lowest BCUT2D eigenvalue weighted by molar-refractivity contribution is -0.130. The largest absolute Gasteiger partial charge is 0.423 e. The number of hydrogen-bond donors (Lipinski definition) is 0. The number of rotatable bonds is 13. The summed E-state index contributed by atoms with van der Waals surface area (Å²) in [4.78, 5) is 16.5. The van der Waals surface area contributed by atoms with E-state index in [1.807, 2.05) is 12.1 Å². The molecule has 0 unspecified atom stereocenters. The summed E-state index contributed by atoms with van der Waals surface area (Å²) in [6.45, 7) is 5.29. The van der Waals surface area contributed by atoms with Crippen LogP contribution in [0.25, 0.3) is 55.6 Å². The highest BCUT2D eigenvalue weighted by molar-refractivity contribution is 5.89. The zero-order chi connectivity index (χ0) is 46.2. The SMILES string of the molecule is C=C(C)C(=O)Oc1ccc(-c2ccc(-c3ccc(N(c4ccccc4)c4ccc(-c5ccc(N(c6ccc(-c7ccccc7)cc6)c6ccc(-c7ccccc7)cc6)cc5)cc4)cc3)cc2)cc1. The molecule has 0 aliphatic heterocycles. The van der Waals surface area contributed by atoms with Crippen molar-refractivity contribution in [3.63, 3.8) is 0 Å². The van der Waals surface area contributed by atoms with Gasteiger partial charge in [0.1, 0.15) is 5.75 Å². The molecule has 0 saturated heterocycles. The number of carbonyl (C=O) groups excluding carboxylic acids is 1. The van der Waals surface area contributed by atoms with Gasteiger partial charge in [0.05, 0.1) is 0 Å². The third kappa shape index (κ3) is 9.53. The Morgan fingerprint density at radius 3 is 0.765 bits per heavy atom. The van der Waals surface area contributed by atoms with E-state index in [-0.39, 0.29) is 0 Å². The fourth-order valence-corrected chi connectivity index (χ4v) is 8.51.